The first-order valence-corrected chi connectivity index (χ1v) is 5.73. The fraction of sp³-hybridized carbons (Fsp3) is 0.769. The van der Waals surface area contributed by atoms with Crippen molar-refractivity contribution < 1.29 is 9.53 Å². The normalized spacial score (nSPS) is 25.3. The molecule has 0 amide bonds. The van der Waals surface area contributed by atoms with Crippen molar-refractivity contribution in [2.24, 2.45) is 11.3 Å². The minimum absolute atomic E-state index is 0.0375. The van der Waals surface area contributed by atoms with Crippen molar-refractivity contribution in [2.75, 3.05) is 6.61 Å². The lowest BCUT2D eigenvalue weighted by molar-refractivity contribution is -0.150. The molecule has 86 valence electrons. The van der Waals surface area contributed by atoms with E-state index in [2.05, 4.69) is 27.7 Å². The third-order valence-corrected chi connectivity index (χ3v) is 3.55. The summed E-state index contributed by atoms with van der Waals surface area (Å²) < 4.78 is 5.16. The highest BCUT2D eigenvalue weighted by Gasteiger charge is 2.40. The zero-order valence-electron chi connectivity index (χ0n) is 10.5. The number of hydrogen-bond donors (Lipinski definition) is 0. The summed E-state index contributed by atoms with van der Waals surface area (Å²) in [7, 11) is 0. The summed E-state index contributed by atoms with van der Waals surface area (Å²) in [6.07, 6.45) is 2.17. The van der Waals surface area contributed by atoms with Crippen LogP contribution in [0.2, 0.25) is 0 Å². The lowest BCUT2D eigenvalue weighted by atomic mass is 9.66. The van der Waals surface area contributed by atoms with Gasteiger partial charge in [0.15, 0.2) is 0 Å². The quantitative estimate of drug-likeness (QED) is 0.516. The summed E-state index contributed by atoms with van der Waals surface area (Å²) in [5.74, 6) is -0.106. The van der Waals surface area contributed by atoms with Crippen LogP contribution in [0.1, 0.15) is 47.5 Å². The fourth-order valence-corrected chi connectivity index (χ4v) is 2.41. The molecule has 2 heteroatoms. The van der Waals surface area contributed by atoms with E-state index in [0.717, 1.165) is 12.8 Å². The summed E-state index contributed by atoms with van der Waals surface area (Å²) in [6.45, 7) is 10.8. The SMILES string of the molecule is CCOC(=O)C1C(C)=C(C)CCC1(C)C. The maximum Gasteiger partial charge on any atom is 0.313 e. The number of ether oxygens (including phenoxy) is 1. The van der Waals surface area contributed by atoms with Crippen molar-refractivity contribution in [1.29, 1.82) is 0 Å². The van der Waals surface area contributed by atoms with Gasteiger partial charge < -0.3 is 4.74 Å². The molecule has 1 aliphatic rings. The molecule has 0 saturated carbocycles. The van der Waals surface area contributed by atoms with E-state index in [4.69, 9.17) is 4.74 Å². The summed E-state index contributed by atoms with van der Waals surface area (Å²) in [6, 6.07) is 0. The van der Waals surface area contributed by atoms with Crippen LogP contribution in [-0.2, 0) is 9.53 Å². The van der Waals surface area contributed by atoms with E-state index in [9.17, 15) is 4.79 Å². The lowest BCUT2D eigenvalue weighted by Crippen LogP contribution is -2.36. The van der Waals surface area contributed by atoms with E-state index in [-0.39, 0.29) is 17.3 Å². The Hall–Kier alpha value is -0.790. The second kappa shape index (κ2) is 4.38. The Bertz CT molecular complexity index is 287. The molecule has 0 fully saturated rings. The van der Waals surface area contributed by atoms with Gasteiger partial charge in [0.05, 0.1) is 12.5 Å². The predicted molar refractivity (Wildman–Crippen MR) is 61.5 cm³/mol. The van der Waals surface area contributed by atoms with Gasteiger partial charge >= 0.3 is 5.97 Å². The Morgan fingerprint density at radius 2 is 2.07 bits per heavy atom. The van der Waals surface area contributed by atoms with Crippen LogP contribution in [0.5, 0.6) is 0 Å². The predicted octanol–water partition coefficient (Wildman–Crippen LogP) is 3.32. The number of carbonyl (C=O) groups is 1. The van der Waals surface area contributed by atoms with Crippen LogP contribution in [0.4, 0.5) is 0 Å². The van der Waals surface area contributed by atoms with Crippen molar-refractivity contribution in [3.8, 4) is 0 Å². The van der Waals surface area contributed by atoms with Gasteiger partial charge in [-0.15, -0.1) is 0 Å². The summed E-state index contributed by atoms with van der Waals surface area (Å²) in [4.78, 5) is 11.9. The van der Waals surface area contributed by atoms with Gasteiger partial charge in [0.25, 0.3) is 0 Å². The van der Waals surface area contributed by atoms with Crippen molar-refractivity contribution in [3.63, 3.8) is 0 Å². The number of esters is 1. The molecule has 0 radical (unpaired) electrons. The van der Waals surface area contributed by atoms with E-state index in [1.54, 1.807) is 0 Å². The van der Waals surface area contributed by atoms with E-state index >= 15 is 0 Å². The highest BCUT2D eigenvalue weighted by atomic mass is 16.5. The van der Waals surface area contributed by atoms with Gasteiger partial charge in [-0.3, -0.25) is 4.79 Å². The summed E-state index contributed by atoms with van der Waals surface area (Å²) >= 11 is 0. The van der Waals surface area contributed by atoms with Crippen LogP contribution in [0, 0.1) is 11.3 Å². The van der Waals surface area contributed by atoms with E-state index < -0.39 is 0 Å². The minimum Gasteiger partial charge on any atom is -0.466 e. The van der Waals surface area contributed by atoms with Crippen molar-refractivity contribution in [3.05, 3.63) is 11.1 Å². The van der Waals surface area contributed by atoms with Gasteiger partial charge in [0, 0.05) is 0 Å². The Balaban J connectivity index is 2.98. The van der Waals surface area contributed by atoms with Crippen molar-refractivity contribution in [1.82, 2.24) is 0 Å². The summed E-state index contributed by atoms with van der Waals surface area (Å²) in [5.41, 5.74) is 2.60. The fourth-order valence-electron chi connectivity index (χ4n) is 2.41. The van der Waals surface area contributed by atoms with Crippen LogP contribution in [0.25, 0.3) is 0 Å². The highest BCUT2D eigenvalue weighted by Crippen LogP contribution is 2.44. The third kappa shape index (κ3) is 2.42. The molecule has 0 aromatic rings. The monoisotopic (exact) mass is 210 g/mol. The Kier molecular flexibility index (Phi) is 3.58. The lowest BCUT2D eigenvalue weighted by Gasteiger charge is -2.38. The van der Waals surface area contributed by atoms with Crippen LogP contribution in [0.15, 0.2) is 11.1 Å². The second-order valence-corrected chi connectivity index (χ2v) is 5.14. The van der Waals surface area contributed by atoms with Gasteiger partial charge in [-0.2, -0.15) is 0 Å². The maximum absolute atomic E-state index is 11.9. The Labute approximate surface area is 92.7 Å². The zero-order chi connectivity index (χ0) is 11.6. The minimum atomic E-state index is -0.0564. The smallest absolute Gasteiger partial charge is 0.313 e. The molecule has 0 aromatic carbocycles. The molecule has 0 bridgehead atoms. The van der Waals surface area contributed by atoms with E-state index in [0.29, 0.717) is 6.61 Å². The Morgan fingerprint density at radius 3 is 2.60 bits per heavy atom. The zero-order valence-corrected chi connectivity index (χ0v) is 10.5. The molecule has 15 heavy (non-hydrogen) atoms. The summed E-state index contributed by atoms with van der Waals surface area (Å²) in [5, 5.41) is 0. The molecular formula is C13H22O2. The standard InChI is InChI=1S/C13H22O2/c1-6-15-12(14)11-10(3)9(2)7-8-13(11,4)5/h11H,6-8H2,1-5H3. The largest absolute Gasteiger partial charge is 0.466 e. The molecular weight excluding hydrogens is 188 g/mol. The van der Waals surface area contributed by atoms with Crippen molar-refractivity contribution in [2.45, 2.75) is 47.5 Å². The number of carbonyl (C=O) groups excluding carboxylic acids is 1. The van der Waals surface area contributed by atoms with Crippen LogP contribution in [-0.4, -0.2) is 12.6 Å². The number of rotatable bonds is 2. The first-order chi connectivity index (χ1) is 6.90. The van der Waals surface area contributed by atoms with Crippen molar-refractivity contribution >= 4 is 5.97 Å². The average molecular weight is 210 g/mol. The molecule has 0 saturated heterocycles. The maximum atomic E-state index is 11.9. The first kappa shape index (κ1) is 12.3. The molecule has 0 aliphatic heterocycles. The molecule has 0 N–H and O–H groups in total. The molecule has 1 atom stereocenters. The Morgan fingerprint density at radius 1 is 1.47 bits per heavy atom. The van der Waals surface area contributed by atoms with Gasteiger partial charge in [-0.25, -0.2) is 0 Å². The van der Waals surface area contributed by atoms with Crippen LogP contribution < -0.4 is 0 Å². The number of hydrogen-bond acceptors (Lipinski definition) is 2. The van der Waals surface area contributed by atoms with E-state index in [1.165, 1.54) is 11.1 Å². The van der Waals surface area contributed by atoms with Gasteiger partial charge in [0.1, 0.15) is 0 Å². The second-order valence-electron chi connectivity index (χ2n) is 5.14. The average Bonchev–Trinajstić information content (AvgIpc) is 2.12. The van der Waals surface area contributed by atoms with Gasteiger partial charge in [-0.1, -0.05) is 25.0 Å². The third-order valence-electron chi connectivity index (χ3n) is 3.55. The van der Waals surface area contributed by atoms with E-state index in [1.807, 2.05) is 6.92 Å². The molecule has 1 aliphatic carbocycles. The van der Waals surface area contributed by atoms with Gasteiger partial charge in [-0.05, 0) is 39.0 Å². The molecule has 2 nitrogen and oxygen atoms in total. The highest BCUT2D eigenvalue weighted by molar-refractivity contribution is 5.77. The first-order valence-electron chi connectivity index (χ1n) is 5.73. The molecule has 1 unspecified atom stereocenters. The topological polar surface area (TPSA) is 26.3 Å². The molecule has 0 spiro atoms. The van der Waals surface area contributed by atoms with Crippen LogP contribution >= 0.6 is 0 Å². The van der Waals surface area contributed by atoms with Gasteiger partial charge in [0.2, 0.25) is 0 Å². The molecule has 1 rings (SSSR count). The molecule has 0 heterocycles. The number of allylic oxidation sites excluding steroid dienone is 1. The van der Waals surface area contributed by atoms with Crippen LogP contribution in [0.3, 0.4) is 0 Å². The molecule has 0 aromatic heterocycles.